The van der Waals surface area contributed by atoms with Gasteiger partial charge in [-0.2, -0.15) is 0 Å². The Balaban J connectivity index is 1.83. The van der Waals surface area contributed by atoms with E-state index in [0.717, 1.165) is 5.75 Å². The Kier molecular flexibility index (Phi) is 4.56. The van der Waals surface area contributed by atoms with Gasteiger partial charge in [0.15, 0.2) is 0 Å². The first-order valence-electron chi connectivity index (χ1n) is 6.20. The van der Waals surface area contributed by atoms with Crippen LogP contribution in [0.1, 0.15) is 6.92 Å². The molecule has 0 aromatic heterocycles. The molecule has 0 radical (unpaired) electrons. The van der Waals surface area contributed by atoms with Crippen LogP contribution in [0.2, 0.25) is 0 Å². The van der Waals surface area contributed by atoms with Crippen molar-refractivity contribution in [2.45, 2.75) is 6.92 Å². The van der Waals surface area contributed by atoms with E-state index in [0.29, 0.717) is 12.4 Å². The lowest BCUT2D eigenvalue weighted by Gasteiger charge is -2.12. The van der Waals surface area contributed by atoms with E-state index < -0.39 is 0 Å². The summed E-state index contributed by atoms with van der Waals surface area (Å²) >= 11 is 0. The molecule has 0 N–H and O–H groups in total. The second-order valence-electron chi connectivity index (χ2n) is 4.26. The van der Waals surface area contributed by atoms with Crippen LogP contribution in [0.15, 0.2) is 60.7 Å². The molecule has 19 heavy (non-hydrogen) atoms. The summed E-state index contributed by atoms with van der Waals surface area (Å²) in [7, 11) is 0. The Morgan fingerprint density at radius 3 is 2.05 bits per heavy atom. The summed E-state index contributed by atoms with van der Waals surface area (Å²) < 4.78 is 10.8. The molecule has 2 rings (SSSR count). The quantitative estimate of drug-likeness (QED) is 0.608. The van der Waals surface area contributed by atoms with Crippen LogP contribution in [0, 0.1) is 5.92 Å². The van der Waals surface area contributed by atoms with E-state index in [4.69, 9.17) is 9.47 Å². The molecule has 0 aliphatic carbocycles. The van der Waals surface area contributed by atoms with Crippen LogP contribution in [0.3, 0.4) is 0 Å². The summed E-state index contributed by atoms with van der Waals surface area (Å²) in [6.45, 7) is 2.09. The standard InChI is InChI=1S/C16H16O3/c1-13(12-18-14-8-4-2-5-9-14)16(17)19-15-10-6-3-7-11-15/h2-11,13H,12H2,1H3. The van der Waals surface area contributed by atoms with Gasteiger partial charge in [-0.15, -0.1) is 0 Å². The van der Waals surface area contributed by atoms with E-state index in [1.54, 1.807) is 19.1 Å². The number of carbonyl (C=O) groups excluding carboxylic acids is 1. The summed E-state index contributed by atoms with van der Waals surface area (Å²) in [6.07, 6.45) is 0. The molecule has 0 aliphatic heterocycles. The molecule has 1 atom stereocenters. The van der Waals surface area contributed by atoms with Crippen LogP contribution in [-0.4, -0.2) is 12.6 Å². The molecule has 0 heterocycles. The van der Waals surface area contributed by atoms with E-state index in [2.05, 4.69) is 0 Å². The highest BCUT2D eigenvalue weighted by molar-refractivity contribution is 5.74. The average molecular weight is 256 g/mol. The highest BCUT2D eigenvalue weighted by Crippen LogP contribution is 2.13. The Morgan fingerprint density at radius 2 is 1.47 bits per heavy atom. The van der Waals surface area contributed by atoms with E-state index >= 15 is 0 Å². The fourth-order valence-corrected chi connectivity index (χ4v) is 1.51. The van der Waals surface area contributed by atoms with Crippen LogP contribution in [-0.2, 0) is 4.79 Å². The van der Waals surface area contributed by atoms with Gasteiger partial charge in [0.25, 0.3) is 0 Å². The van der Waals surface area contributed by atoms with E-state index in [-0.39, 0.29) is 11.9 Å². The first-order valence-corrected chi connectivity index (χ1v) is 6.20. The van der Waals surface area contributed by atoms with Gasteiger partial charge in [0.1, 0.15) is 18.1 Å². The zero-order valence-electron chi connectivity index (χ0n) is 10.8. The number of benzene rings is 2. The zero-order valence-corrected chi connectivity index (χ0v) is 10.8. The first kappa shape index (κ1) is 13.1. The lowest BCUT2D eigenvalue weighted by molar-refractivity contribution is -0.139. The highest BCUT2D eigenvalue weighted by atomic mass is 16.5. The summed E-state index contributed by atoms with van der Waals surface area (Å²) in [5.74, 6) is 0.698. The van der Waals surface area contributed by atoms with Gasteiger partial charge in [0, 0.05) is 0 Å². The topological polar surface area (TPSA) is 35.5 Å². The van der Waals surface area contributed by atoms with Crippen molar-refractivity contribution < 1.29 is 14.3 Å². The van der Waals surface area contributed by atoms with Gasteiger partial charge in [-0.1, -0.05) is 36.4 Å². The summed E-state index contributed by atoms with van der Waals surface area (Å²) in [5.41, 5.74) is 0. The van der Waals surface area contributed by atoms with E-state index in [9.17, 15) is 4.79 Å². The van der Waals surface area contributed by atoms with Crippen molar-refractivity contribution in [1.82, 2.24) is 0 Å². The van der Waals surface area contributed by atoms with Gasteiger partial charge in [0.2, 0.25) is 0 Å². The predicted molar refractivity (Wildman–Crippen MR) is 73.2 cm³/mol. The molecule has 1 unspecified atom stereocenters. The van der Waals surface area contributed by atoms with Crippen LogP contribution >= 0.6 is 0 Å². The second kappa shape index (κ2) is 6.59. The average Bonchev–Trinajstić information content (AvgIpc) is 2.47. The maximum atomic E-state index is 11.8. The third kappa shape index (κ3) is 4.14. The molecule has 0 amide bonds. The van der Waals surface area contributed by atoms with Crippen molar-refractivity contribution in [2.75, 3.05) is 6.61 Å². The van der Waals surface area contributed by atoms with Gasteiger partial charge in [-0.25, -0.2) is 0 Å². The monoisotopic (exact) mass is 256 g/mol. The molecule has 98 valence electrons. The van der Waals surface area contributed by atoms with Crippen LogP contribution in [0.4, 0.5) is 0 Å². The number of hydrogen-bond acceptors (Lipinski definition) is 3. The van der Waals surface area contributed by atoms with Gasteiger partial charge in [-0.3, -0.25) is 4.79 Å². The molecular formula is C16H16O3. The van der Waals surface area contributed by atoms with E-state index in [1.807, 2.05) is 48.5 Å². The highest BCUT2D eigenvalue weighted by Gasteiger charge is 2.16. The third-order valence-corrected chi connectivity index (χ3v) is 2.61. The number of hydrogen-bond donors (Lipinski definition) is 0. The number of rotatable bonds is 5. The van der Waals surface area contributed by atoms with Crippen LogP contribution < -0.4 is 9.47 Å². The Hall–Kier alpha value is -2.29. The molecule has 3 heteroatoms. The second-order valence-corrected chi connectivity index (χ2v) is 4.26. The molecule has 0 spiro atoms. The fraction of sp³-hybridized carbons (Fsp3) is 0.188. The molecule has 0 bridgehead atoms. The molecule has 0 saturated heterocycles. The molecule has 2 aromatic rings. The minimum atomic E-state index is -0.319. The molecule has 0 aliphatic rings. The minimum absolute atomic E-state index is 0.290. The number of para-hydroxylation sites is 2. The van der Waals surface area contributed by atoms with Crippen molar-refractivity contribution in [3.63, 3.8) is 0 Å². The summed E-state index contributed by atoms with van der Waals surface area (Å²) in [4.78, 5) is 11.8. The first-order chi connectivity index (χ1) is 9.25. The van der Waals surface area contributed by atoms with Gasteiger partial charge >= 0.3 is 5.97 Å². The van der Waals surface area contributed by atoms with Crippen LogP contribution in [0.5, 0.6) is 11.5 Å². The number of esters is 1. The lowest BCUT2D eigenvalue weighted by atomic mass is 10.2. The normalized spacial score (nSPS) is 11.6. The SMILES string of the molecule is CC(COc1ccccc1)C(=O)Oc1ccccc1. The van der Waals surface area contributed by atoms with Crippen molar-refractivity contribution in [2.24, 2.45) is 5.92 Å². The maximum absolute atomic E-state index is 11.8. The van der Waals surface area contributed by atoms with Crippen LogP contribution in [0.25, 0.3) is 0 Å². The zero-order chi connectivity index (χ0) is 13.5. The maximum Gasteiger partial charge on any atom is 0.317 e. The molecule has 0 saturated carbocycles. The molecular weight excluding hydrogens is 240 g/mol. The Morgan fingerprint density at radius 1 is 0.947 bits per heavy atom. The van der Waals surface area contributed by atoms with Crippen molar-refractivity contribution in [1.29, 1.82) is 0 Å². The summed E-state index contributed by atoms with van der Waals surface area (Å²) in [6, 6.07) is 18.4. The largest absolute Gasteiger partial charge is 0.493 e. The summed E-state index contributed by atoms with van der Waals surface area (Å²) in [5, 5.41) is 0. The smallest absolute Gasteiger partial charge is 0.317 e. The number of carbonyl (C=O) groups is 1. The van der Waals surface area contributed by atoms with Crippen molar-refractivity contribution in [3.05, 3.63) is 60.7 Å². The third-order valence-electron chi connectivity index (χ3n) is 2.61. The van der Waals surface area contributed by atoms with Gasteiger partial charge < -0.3 is 9.47 Å². The Labute approximate surface area is 112 Å². The fourth-order valence-electron chi connectivity index (χ4n) is 1.51. The number of ether oxygens (including phenoxy) is 2. The van der Waals surface area contributed by atoms with Crippen molar-refractivity contribution >= 4 is 5.97 Å². The molecule has 2 aromatic carbocycles. The lowest BCUT2D eigenvalue weighted by Crippen LogP contribution is -2.23. The predicted octanol–water partition coefficient (Wildman–Crippen LogP) is 3.31. The molecule has 3 nitrogen and oxygen atoms in total. The molecule has 0 fully saturated rings. The van der Waals surface area contributed by atoms with Gasteiger partial charge in [-0.05, 0) is 31.2 Å². The van der Waals surface area contributed by atoms with E-state index in [1.165, 1.54) is 0 Å². The van der Waals surface area contributed by atoms with Crippen molar-refractivity contribution in [3.8, 4) is 11.5 Å². The Bertz CT molecular complexity index is 508. The minimum Gasteiger partial charge on any atom is -0.493 e. The van der Waals surface area contributed by atoms with Gasteiger partial charge in [0.05, 0.1) is 5.92 Å².